The van der Waals surface area contributed by atoms with Crippen LogP contribution in [0.4, 0.5) is 11.5 Å². The van der Waals surface area contributed by atoms with Crippen molar-refractivity contribution >= 4 is 38.5 Å². The zero-order valence-electron chi connectivity index (χ0n) is 21.5. The topological polar surface area (TPSA) is 136 Å². The molecule has 0 saturated carbocycles. The summed E-state index contributed by atoms with van der Waals surface area (Å²) < 4.78 is 27.4. The van der Waals surface area contributed by atoms with Crippen LogP contribution in [0.3, 0.4) is 0 Å². The van der Waals surface area contributed by atoms with Gasteiger partial charge in [0.15, 0.2) is 5.65 Å². The van der Waals surface area contributed by atoms with Crippen LogP contribution >= 0.6 is 0 Å². The molecule has 3 N–H and O–H groups in total. The molecule has 1 aliphatic rings. The number of likely N-dealkylation sites (tertiary alicyclic amines) is 1. The van der Waals surface area contributed by atoms with E-state index >= 15 is 0 Å². The van der Waals surface area contributed by atoms with E-state index in [9.17, 15) is 13.2 Å². The molecular weight excluding hydrogens is 526 g/mol. The van der Waals surface area contributed by atoms with Gasteiger partial charge in [-0.2, -0.15) is 0 Å². The summed E-state index contributed by atoms with van der Waals surface area (Å²) in [5.74, 6) is 0.689. The zero-order valence-corrected chi connectivity index (χ0v) is 22.3. The monoisotopic (exact) mass is 553 g/mol. The Bertz CT molecular complexity index is 1780. The van der Waals surface area contributed by atoms with Crippen molar-refractivity contribution in [2.45, 2.75) is 23.8 Å². The molecule has 0 atom stereocenters. The molecule has 202 valence electrons. The van der Waals surface area contributed by atoms with Gasteiger partial charge in [0.1, 0.15) is 12.1 Å². The Labute approximate surface area is 231 Å². The summed E-state index contributed by atoms with van der Waals surface area (Å²) in [6.45, 7) is 1.28. The van der Waals surface area contributed by atoms with E-state index in [0.29, 0.717) is 46.9 Å². The maximum atomic E-state index is 13.1. The largest absolute Gasteiger partial charge is 0.399 e. The molecule has 1 amide bonds. The minimum absolute atomic E-state index is 0.0102. The smallest absolute Gasteiger partial charge is 0.269 e. The number of rotatable bonds is 6. The molecule has 1 aliphatic heterocycles. The molecule has 2 aromatic carbocycles. The van der Waals surface area contributed by atoms with Crippen molar-refractivity contribution in [1.82, 2.24) is 23.8 Å². The van der Waals surface area contributed by atoms with E-state index in [2.05, 4.69) is 20.3 Å². The Morgan fingerprint density at radius 3 is 2.42 bits per heavy atom. The number of nitrogen functional groups attached to an aromatic ring is 1. The van der Waals surface area contributed by atoms with Gasteiger partial charge in [-0.1, -0.05) is 18.2 Å². The first-order valence-corrected chi connectivity index (χ1v) is 14.3. The fourth-order valence-corrected chi connectivity index (χ4v) is 6.21. The van der Waals surface area contributed by atoms with Crippen molar-refractivity contribution in [3.63, 3.8) is 0 Å². The average molecular weight is 554 g/mol. The third-order valence-corrected chi connectivity index (χ3v) is 8.73. The minimum Gasteiger partial charge on any atom is -0.399 e. The van der Waals surface area contributed by atoms with Gasteiger partial charge >= 0.3 is 0 Å². The number of benzene rings is 2. The van der Waals surface area contributed by atoms with Gasteiger partial charge in [-0.15, -0.1) is 0 Å². The fraction of sp³-hybridized carbons (Fsp3) is 0.172. The lowest BCUT2D eigenvalue weighted by atomic mass is 10.0. The average Bonchev–Trinajstić information content (AvgIpc) is 3.43. The molecule has 0 bridgehead atoms. The predicted octanol–water partition coefficient (Wildman–Crippen LogP) is 4.03. The summed E-state index contributed by atoms with van der Waals surface area (Å²) in [7, 11) is -3.76. The van der Waals surface area contributed by atoms with Gasteiger partial charge in [-0.3, -0.25) is 4.79 Å². The molecule has 1 saturated heterocycles. The summed E-state index contributed by atoms with van der Waals surface area (Å²) >= 11 is 0. The van der Waals surface area contributed by atoms with Crippen LogP contribution in [-0.2, 0) is 10.0 Å². The number of carbonyl (C=O) groups is 1. The van der Waals surface area contributed by atoms with E-state index in [-0.39, 0.29) is 16.8 Å². The maximum absolute atomic E-state index is 13.1. The second-order valence-corrected chi connectivity index (χ2v) is 11.5. The molecule has 0 unspecified atom stereocenters. The van der Waals surface area contributed by atoms with Crippen molar-refractivity contribution in [3.05, 3.63) is 97.1 Å². The number of aromatic nitrogens is 4. The van der Waals surface area contributed by atoms with Gasteiger partial charge in [-0.05, 0) is 61.4 Å². The number of nitrogens with zero attached hydrogens (tertiary/aromatic N) is 5. The number of carbonyl (C=O) groups excluding carboxylic acids is 1. The number of pyridine rings is 1. The lowest BCUT2D eigenvalue weighted by Crippen LogP contribution is -2.42. The van der Waals surface area contributed by atoms with Crippen molar-refractivity contribution in [2.75, 3.05) is 24.1 Å². The van der Waals surface area contributed by atoms with E-state index in [1.54, 1.807) is 66.9 Å². The first kappa shape index (κ1) is 25.5. The van der Waals surface area contributed by atoms with E-state index < -0.39 is 10.0 Å². The summed E-state index contributed by atoms with van der Waals surface area (Å²) in [5.41, 5.74) is 8.77. The van der Waals surface area contributed by atoms with Crippen LogP contribution in [0, 0.1) is 0 Å². The number of anilines is 2. The maximum Gasteiger partial charge on any atom is 0.269 e. The zero-order chi connectivity index (χ0) is 27.7. The molecular formula is C29H27N7O3S. The number of amides is 1. The number of fused-ring (bicyclic) bond motifs is 1. The van der Waals surface area contributed by atoms with E-state index in [4.69, 9.17) is 5.73 Å². The highest BCUT2D eigenvalue weighted by Crippen LogP contribution is 2.26. The lowest BCUT2D eigenvalue weighted by Gasteiger charge is -2.32. The van der Waals surface area contributed by atoms with Gasteiger partial charge in [0.25, 0.3) is 15.9 Å². The van der Waals surface area contributed by atoms with Crippen molar-refractivity contribution < 1.29 is 13.2 Å². The van der Waals surface area contributed by atoms with Gasteiger partial charge in [0, 0.05) is 59.8 Å². The highest BCUT2D eigenvalue weighted by atomic mass is 32.2. The van der Waals surface area contributed by atoms with Crippen LogP contribution < -0.4 is 11.1 Å². The Morgan fingerprint density at radius 1 is 0.925 bits per heavy atom. The minimum atomic E-state index is -3.76. The summed E-state index contributed by atoms with van der Waals surface area (Å²) in [4.78, 5) is 28.1. The molecule has 10 nitrogen and oxygen atoms in total. The number of nitrogens with two attached hydrogens (primary N) is 1. The Kier molecular flexibility index (Phi) is 6.64. The first-order valence-electron chi connectivity index (χ1n) is 12.9. The SMILES string of the molecule is Nc1ccc(C(=O)N2CCC(Nc3cc(-c4cnc5c(ccn5S(=O)(=O)c5ccccc5)c4)ncn3)CC2)cc1. The number of nitrogens with one attached hydrogen (secondary N) is 1. The van der Waals surface area contributed by atoms with Gasteiger partial charge in [-0.25, -0.2) is 27.3 Å². The predicted molar refractivity (Wildman–Crippen MR) is 153 cm³/mol. The van der Waals surface area contributed by atoms with Gasteiger partial charge in [0.05, 0.1) is 10.6 Å². The third kappa shape index (κ3) is 4.98. The van der Waals surface area contributed by atoms with Gasteiger partial charge in [0.2, 0.25) is 0 Å². The second kappa shape index (κ2) is 10.4. The van der Waals surface area contributed by atoms with Crippen LogP contribution in [0.25, 0.3) is 22.3 Å². The lowest BCUT2D eigenvalue weighted by molar-refractivity contribution is 0.0718. The Balaban J connectivity index is 1.15. The number of hydrogen-bond donors (Lipinski definition) is 2. The molecule has 0 aliphatic carbocycles. The molecule has 3 aromatic heterocycles. The van der Waals surface area contributed by atoms with Crippen molar-refractivity contribution in [1.29, 1.82) is 0 Å². The molecule has 6 rings (SSSR count). The van der Waals surface area contributed by atoms with E-state index in [1.165, 1.54) is 16.5 Å². The van der Waals surface area contributed by atoms with Crippen molar-refractivity contribution in [2.24, 2.45) is 0 Å². The van der Waals surface area contributed by atoms with Crippen LogP contribution in [0.15, 0.2) is 96.4 Å². The summed E-state index contributed by atoms with van der Waals surface area (Å²) in [6.07, 6.45) is 6.20. The quantitative estimate of drug-likeness (QED) is 0.301. The fourth-order valence-electron chi connectivity index (χ4n) is 4.88. The molecule has 0 radical (unpaired) electrons. The Morgan fingerprint density at radius 2 is 1.68 bits per heavy atom. The highest BCUT2D eigenvalue weighted by molar-refractivity contribution is 7.90. The number of piperidine rings is 1. The normalized spacial score (nSPS) is 14.3. The number of hydrogen-bond acceptors (Lipinski definition) is 8. The van der Waals surface area contributed by atoms with Crippen molar-refractivity contribution in [3.8, 4) is 11.3 Å². The van der Waals surface area contributed by atoms with E-state index in [0.717, 1.165) is 18.4 Å². The van der Waals surface area contributed by atoms with Crippen LogP contribution in [-0.4, -0.2) is 57.3 Å². The molecule has 5 aromatic rings. The molecule has 11 heteroatoms. The van der Waals surface area contributed by atoms with Crippen LogP contribution in [0.1, 0.15) is 23.2 Å². The molecule has 1 fully saturated rings. The highest BCUT2D eigenvalue weighted by Gasteiger charge is 2.24. The third-order valence-electron chi connectivity index (χ3n) is 7.05. The summed E-state index contributed by atoms with van der Waals surface area (Å²) in [6, 6.07) is 20.9. The second-order valence-electron chi connectivity index (χ2n) is 9.69. The standard InChI is InChI=1S/C29H27N7O3S/c30-23-8-6-20(7-9-23)29(37)35-13-11-24(12-14-35)34-27-17-26(32-19-33-27)22-16-21-10-15-36(28(21)31-18-22)40(38,39)25-4-2-1-3-5-25/h1-10,15-19,24H,11-14,30H2,(H,32,33,34). The molecule has 4 heterocycles. The van der Waals surface area contributed by atoms with Gasteiger partial charge < -0.3 is 16.0 Å². The molecule has 0 spiro atoms. The first-order chi connectivity index (χ1) is 19.4. The Hall–Kier alpha value is -4.77. The van der Waals surface area contributed by atoms with Crippen LogP contribution in [0.2, 0.25) is 0 Å². The summed E-state index contributed by atoms with van der Waals surface area (Å²) in [5, 5.41) is 4.15. The van der Waals surface area contributed by atoms with E-state index in [1.807, 2.05) is 17.0 Å². The van der Waals surface area contributed by atoms with Crippen LogP contribution in [0.5, 0.6) is 0 Å². The molecule has 40 heavy (non-hydrogen) atoms.